The number of ether oxygens (including phenoxy) is 1. The molecule has 1 heterocycles. The van der Waals surface area contributed by atoms with E-state index in [9.17, 15) is 24.5 Å². The van der Waals surface area contributed by atoms with Crippen LogP contribution in [0.25, 0.3) is 6.08 Å². The first kappa shape index (κ1) is 21.2. The van der Waals surface area contributed by atoms with Gasteiger partial charge in [0.25, 0.3) is 11.6 Å². The molecule has 0 unspecified atom stereocenters. The van der Waals surface area contributed by atoms with E-state index in [0.29, 0.717) is 25.3 Å². The van der Waals surface area contributed by atoms with Gasteiger partial charge in [-0.25, -0.2) is 9.69 Å². The Hall–Kier alpha value is -3.48. The van der Waals surface area contributed by atoms with Gasteiger partial charge in [-0.15, -0.1) is 0 Å². The van der Waals surface area contributed by atoms with Gasteiger partial charge >= 0.3 is 12.0 Å². The Bertz CT molecular complexity index is 1080. The third-order valence-electron chi connectivity index (χ3n) is 4.04. The van der Waals surface area contributed by atoms with E-state index < -0.39 is 29.4 Å². The number of halogens is 1. The third-order valence-corrected chi connectivity index (χ3v) is 4.88. The highest BCUT2D eigenvalue weighted by Gasteiger charge is 2.34. The number of carbonyl (C=O) groups excluding carboxylic acids is 2. The normalized spacial score (nSPS) is 14.7. The predicted octanol–water partition coefficient (Wildman–Crippen LogP) is 2.76. The number of nitrogens with zero attached hydrogens (tertiary/aromatic N) is 2. The van der Waals surface area contributed by atoms with E-state index in [4.69, 9.17) is 9.84 Å². The molecule has 11 heteroatoms. The number of nitrogens with one attached hydrogen (secondary N) is 1. The molecule has 1 fully saturated rings. The fourth-order valence-corrected chi connectivity index (χ4v) is 3.36. The maximum Gasteiger partial charge on any atom is 0.329 e. The van der Waals surface area contributed by atoms with Gasteiger partial charge in [0, 0.05) is 12.1 Å². The Balaban J connectivity index is 1.71. The maximum atomic E-state index is 12.2. The molecule has 0 spiro atoms. The average Bonchev–Trinajstić information content (AvgIpc) is 2.94. The van der Waals surface area contributed by atoms with Crippen LogP contribution in [-0.2, 0) is 16.2 Å². The van der Waals surface area contributed by atoms with Crippen LogP contribution in [0.3, 0.4) is 0 Å². The van der Waals surface area contributed by atoms with Gasteiger partial charge in [-0.3, -0.25) is 19.7 Å². The van der Waals surface area contributed by atoms with Gasteiger partial charge in [0.2, 0.25) is 0 Å². The van der Waals surface area contributed by atoms with E-state index in [1.807, 2.05) is 22.6 Å². The number of nitro benzene ring substituents is 1. The summed E-state index contributed by atoms with van der Waals surface area (Å²) < 4.78 is 6.43. The lowest BCUT2D eigenvalue weighted by Crippen LogP contribution is -2.35. The minimum absolute atomic E-state index is 0.0204. The summed E-state index contributed by atoms with van der Waals surface area (Å²) in [5, 5.41) is 22.0. The molecule has 2 aromatic rings. The van der Waals surface area contributed by atoms with Crippen molar-refractivity contribution in [2.24, 2.45) is 0 Å². The van der Waals surface area contributed by atoms with Gasteiger partial charge in [0.05, 0.1) is 8.49 Å². The lowest BCUT2D eigenvalue weighted by molar-refractivity contribution is -0.384. The summed E-state index contributed by atoms with van der Waals surface area (Å²) in [6, 6.07) is 10.4. The molecule has 3 rings (SSSR count). The largest absolute Gasteiger partial charge is 0.488 e. The average molecular weight is 523 g/mol. The number of nitro groups is 1. The first-order valence-corrected chi connectivity index (χ1v) is 9.54. The molecular weight excluding hydrogens is 509 g/mol. The number of hydrogen-bond acceptors (Lipinski definition) is 6. The van der Waals surface area contributed by atoms with E-state index in [2.05, 4.69) is 5.32 Å². The minimum atomic E-state index is -1.29. The summed E-state index contributed by atoms with van der Waals surface area (Å²) in [6.07, 6.45) is 1.44. The summed E-state index contributed by atoms with van der Waals surface area (Å²) >= 11 is 2.04. The van der Waals surface area contributed by atoms with Crippen molar-refractivity contribution in [2.45, 2.75) is 6.61 Å². The van der Waals surface area contributed by atoms with Crippen LogP contribution >= 0.6 is 22.6 Å². The van der Waals surface area contributed by atoms with Crippen molar-refractivity contribution in [1.29, 1.82) is 0 Å². The molecule has 2 aromatic carbocycles. The summed E-state index contributed by atoms with van der Waals surface area (Å²) in [5.41, 5.74) is 1.20. The molecule has 154 valence electrons. The van der Waals surface area contributed by atoms with Crippen LogP contribution < -0.4 is 10.1 Å². The molecule has 3 amide bonds. The summed E-state index contributed by atoms with van der Waals surface area (Å²) in [5.74, 6) is -1.47. The van der Waals surface area contributed by atoms with E-state index in [1.54, 1.807) is 30.3 Å². The predicted molar refractivity (Wildman–Crippen MR) is 112 cm³/mol. The maximum absolute atomic E-state index is 12.2. The molecule has 0 aromatic heterocycles. The van der Waals surface area contributed by atoms with Gasteiger partial charge in [-0.05, 0) is 51.9 Å². The number of hydrogen-bond donors (Lipinski definition) is 2. The standard InChI is InChI=1S/C19H14IN3O7/c20-14-7-11(8-15-18(26)22(9-17(24)25)19(27)21-15)4-5-16(14)30-10-12-2-1-3-13(6-12)23(28)29/h1-8H,9-10H2,(H,21,27)(H,24,25)/b15-8+. The fourth-order valence-electron chi connectivity index (χ4n) is 2.66. The molecule has 0 saturated carbocycles. The summed E-state index contributed by atoms with van der Waals surface area (Å²) in [4.78, 5) is 45.7. The van der Waals surface area contributed by atoms with Crippen LogP contribution in [0.1, 0.15) is 11.1 Å². The van der Waals surface area contributed by atoms with Crippen molar-refractivity contribution >= 4 is 52.3 Å². The van der Waals surface area contributed by atoms with Crippen LogP contribution in [0.5, 0.6) is 5.75 Å². The number of carboxylic acid groups (broad SMARTS) is 1. The minimum Gasteiger partial charge on any atom is -0.488 e. The molecule has 1 aliphatic rings. The number of carbonyl (C=O) groups is 3. The first-order valence-electron chi connectivity index (χ1n) is 8.46. The Labute approximate surface area is 183 Å². The monoisotopic (exact) mass is 523 g/mol. The molecule has 2 N–H and O–H groups in total. The van der Waals surface area contributed by atoms with Gasteiger partial charge < -0.3 is 15.2 Å². The van der Waals surface area contributed by atoms with E-state index >= 15 is 0 Å². The van der Waals surface area contributed by atoms with E-state index in [0.717, 1.165) is 0 Å². The van der Waals surface area contributed by atoms with Crippen LogP contribution in [0.15, 0.2) is 48.2 Å². The highest BCUT2D eigenvalue weighted by atomic mass is 127. The van der Waals surface area contributed by atoms with Crippen LogP contribution in [0.4, 0.5) is 10.5 Å². The van der Waals surface area contributed by atoms with Crippen molar-refractivity contribution in [3.8, 4) is 5.75 Å². The number of aliphatic carboxylic acids is 1. The SMILES string of the molecule is O=C(O)CN1C(=O)N/C(=C/c2ccc(OCc3cccc([N+](=O)[O-])c3)c(I)c2)C1=O. The molecule has 0 atom stereocenters. The molecule has 0 bridgehead atoms. The van der Waals surface area contributed by atoms with E-state index in [1.165, 1.54) is 18.2 Å². The topological polar surface area (TPSA) is 139 Å². The third kappa shape index (κ3) is 4.92. The summed E-state index contributed by atoms with van der Waals surface area (Å²) in [7, 11) is 0. The van der Waals surface area contributed by atoms with Gasteiger partial charge in [0.1, 0.15) is 24.6 Å². The number of non-ortho nitro benzene ring substituents is 1. The van der Waals surface area contributed by atoms with Crippen LogP contribution in [-0.4, -0.2) is 39.4 Å². The Morgan fingerprint density at radius 3 is 2.70 bits per heavy atom. The van der Waals surface area contributed by atoms with Crippen molar-refractivity contribution in [3.63, 3.8) is 0 Å². The fraction of sp³-hybridized carbons (Fsp3) is 0.105. The highest BCUT2D eigenvalue weighted by molar-refractivity contribution is 14.1. The Morgan fingerprint density at radius 1 is 1.27 bits per heavy atom. The zero-order chi connectivity index (χ0) is 21.8. The number of imide groups is 1. The number of carboxylic acids is 1. The first-order chi connectivity index (χ1) is 14.2. The zero-order valence-corrected chi connectivity index (χ0v) is 17.4. The van der Waals surface area contributed by atoms with Crippen molar-refractivity contribution < 1.29 is 29.2 Å². The van der Waals surface area contributed by atoms with Crippen molar-refractivity contribution in [1.82, 2.24) is 10.2 Å². The second-order valence-corrected chi connectivity index (χ2v) is 7.34. The Morgan fingerprint density at radius 2 is 2.03 bits per heavy atom. The Kier molecular flexibility index (Phi) is 6.30. The lowest BCUT2D eigenvalue weighted by Gasteiger charge is -2.09. The van der Waals surface area contributed by atoms with Crippen LogP contribution in [0, 0.1) is 13.7 Å². The second kappa shape index (κ2) is 8.90. The zero-order valence-electron chi connectivity index (χ0n) is 15.2. The summed E-state index contributed by atoms with van der Waals surface area (Å²) in [6.45, 7) is -0.583. The van der Waals surface area contributed by atoms with Gasteiger partial charge in [0.15, 0.2) is 0 Å². The van der Waals surface area contributed by atoms with E-state index in [-0.39, 0.29) is 18.0 Å². The molecule has 30 heavy (non-hydrogen) atoms. The molecular formula is C19H14IN3O7. The molecule has 0 aliphatic carbocycles. The quantitative estimate of drug-likeness (QED) is 0.187. The molecule has 1 saturated heterocycles. The highest BCUT2D eigenvalue weighted by Crippen LogP contribution is 2.25. The second-order valence-electron chi connectivity index (χ2n) is 6.18. The number of rotatable bonds is 7. The molecule has 1 aliphatic heterocycles. The molecule has 10 nitrogen and oxygen atoms in total. The van der Waals surface area contributed by atoms with Crippen LogP contribution in [0.2, 0.25) is 0 Å². The van der Waals surface area contributed by atoms with Crippen molar-refractivity contribution in [2.75, 3.05) is 6.54 Å². The van der Waals surface area contributed by atoms with Gasteiger partial charge in [-0.2, -0.15) is 0 Å². The number of benzene rings is 2. The molecule has 0 radical (unpaired) electrons. The smallest absolute Gasteiger partial charge is 0.329 e. The lowest BCUT2D eigenvalue weighted by atomic mass is 10.2. The van der Waals surface area contributed by atoms with Crippen molar-refractivity contribution in [3.05, 3.63) is 73.0 Å². The van der Waals surface area contributed by atoms with Gasteiger partial charge in [-0.1, -0.05) is 18.2 Å². The number of amides is 3. The number of urea groups is 1.